The van der Waals surface area contributed by atoms with Crippen molar-refractivity contribution in [3.05, 3.63) is 23.5 Å². The van der Waals surface area contributed by atoms with Crippen molar-refractivity contribution in [3.63, 3.8) is 0 Å². The standard InChI is InChI=1S/C14H23N5/c1-4-5-11-8-13(16-7-6-15)19-14(17-11)9-12(18-19)10(2)3/h8-10,16H,4-7,15H2,1-3H3. The first-order chi connectivity index (χ1) is 9.15. The number of hydrogen-bond acceptors (Lipinski definition) is 4. The maximum atomic E-state index is 5.56. The van der Waals surface area contributed by atoms with Gasteiger partial charge in [0, 0.05) is 30.9 Å². The summed E-state index contributed by atoms with van der Waals surface area (Å²) in [5, 5.41) is 7.94. The van der Waals surface area contributed by atoms with Gasteiger partial charge < -0.3 is 11.1 Å². The molecule has 0 aromatic carbocycles. The van der Waals surface area contributed by atoms with Gasteiger partial charge in [-0.3, -0.25) is 0 Å². The summed E-state index contributed by atoms with van der Waals surface area (Å²) in [6, 6.07) is 4.14. The van der Waals surface area contributed by atoms with E-state index < -0.39 is 0 Å². The smallest absolute Gasteiger partial charge is 0.157 e. The van der Waals surface area contributed by atoms with Gasteiger partial charge in [-0.15, -0.1) is 0 Å². The molecule has 19 heavy (non-hydrogen) atoms. The van der Waals surface area contributed by atoms with E-state index >= 15 is 0 Å². The summed E-state index contributed by atoms with van der Waals surface area (Å²) in [6.45, 7) is 7.78. The second-order valence-corrected chi connectivity index (χ2v) is 5.09. The van der Waals surface area contributed by atoms with Crippen LogP contribution in [0.4, 0.5) is 5.82 Å². The first-order valence-corrected chi connectivity index (χ1v) is 6.99. The van der Waals surface area contributed by atoms with E-state index in [1.54, 1.807) is 0 Å². The maximum absolute atomic E-state index is 5.56. The zero-order valence-electron chi connectivity index (χ0n) is 12.0. The lowest BCUT2D eigenvalue weighted by molar-refractivity contribution is 0.782. The van der Waals surface area contributed by atoms with Crippen molar-refractivity contribution in [1.29, 1.82) is 0 Å². The van der Waals surface area contributed by atoms with Crippen LogP contribution in [0.15, 0.2) is 12.1 Å². The number of hydrogen-bond donors (Lipinski definition) is 2. The highest BCUT2D eigenvalue weighted by atomic mass is 15.3. The van der Waals surface area contributed by atoms with E-state index in [0.29, 0.717) is 12.5 Å². The summed E-state index contributed by atoms with van der Waals surface area (Å²) >= 11 is 0. The molecule has 0 spiro atoms. The van der Waals surface area contributed by atoms with Gasteiger partial charge in [0.2, 0.25) is 0 Å². The van der Waals surface area contributed by atoms with Gasteiger partial charge in [0.25, 0.3) is 0 Å². The Morgan fingerprint density at radius 1 is 1.37 bits per heavy atom. The molecule has 104 valence electrons. The van der Waals surface area contributed by atoms with Crippen molar-refractivity contribution in [1.82, 2.24) is 14.6 Å². The maximum Gasteiger partial charge on any atom is 0.157 e. The molecular weight excluding hydrogens is 238 g/mol. The Kier molecular flexibility index (Phi) is 4.37. The number of anilines is 1. The van der Waals surface area contributed by atoms with Gasteiger partial charge in [-0.2, -0.15) is 9.61 Å². The zero-order valence-corrected chi connectivity index (χ0v) is 12.0. The van der Waals surface area contributed by atoms with Gasteiger partial charge in [0.15, 0.2) is 5.65 Å². The minimum Gasteiger partial charge on any atom is -0.369 e. The fraction of sp³-hybridized carbons (Fsp3) is 0.571. The molecule has 2 aromatic rings. The summed E-state index contributed by atoms with van der Waals surface area (Å²) in [6.07, 6.45) is 2.07. The molecule has 0 aliphatic carbocycles. The van der Waals surface area contributed by atoms with Crippen LogP contribution < -0.4 is 11.1 Å². The largest absolute Gasteiger partial charge is 0.369 e. The molecule has 5 nitrogen and oxygen atoms in total. The zero-order chi connectivity index (χ0) is 13.8. The average Bonchev–Trinajstić information content (AvgIpc) is 2.80. The predicted molar refractivity (Wildman–Crippen MR) is 78.6 cm³/mol. The van der Waals surface area contributed by atoms with Crippen molar-refractivity contribution < 1.29 is 0 Å². The molecule has 0 aliphatic rings. The van der Waals surface area contributed by atoms with E-state index in [9.17, 15) is 0 Å². The monoisotopic (exact) mass is 261 g/mol. The molecule has 0 atom stereocenters. The van der Waals surface area contributed by atoms with Gasteiger partial charge in [0.1, 0.15) is 5.82 Å². The summed E-state index contributed by atoms with van der Waals surface area (Å²) in [7, 11) is 0. The third-order valence-corrected chi connectivity index (χ3v) is 3.05. The minimum absolute atomic E-state index is 0.402. The van der Waals surface area contributed by atoms with Crippen LogP contribution in [-0.2, 0) is 6.42 Å². The molecule has 2 heterocycles. The molecule has 0 bridgehead atoms. The molecule has 2 aromatic heterocycles. The Hall–Kier alpha value is -1.62. The van der Waals surface area contributed by atoms with E-state index in [-0.39, 0.29) is 0 Å². The van der Waals surface area contributed by atoms with E-state index in [0.717, 1.165) is 42.2 Å². The van der Waals surface area contributed by atoms with Gasteiger partial charge in [0.05, 0.1) is 5.69 Å². The molecule has 0 amide bonds. The SMILES string of the molecule is CCCc1cc(NCCN)n2nc(C(C)C)cc2n1. The average molecular weight is 261 g/mol. The number of nitrogens with zero attached hydrogens (tertiary/aromatic N) is 3. The lowest BCUT2D eigenvalue weighted by Gasteiger charge is -2.09. The second-order valence-electron chi connectivity index (χ2n) is 5.09. The summed E-state index contributed by atoms with van der Waals surface area (Å²) in [5.74, 6) is 1.38. The highest BCUT2D eigenvalue weighted by Crippen LogP contribution is 2.19. The van der Waals surface area contributed by atoms with Crippen molar-refractivity contribution in [3.8, 4) is 0 Å². The second kappa shape index (κ2) is 6.02. The van der Waals surface area contributed by atoms with Crippen LogP contribution in [0.2, 0.25) is 0 Å². The molecule has 2 rings (SSSR count). The lowest BCUT2D eigenvalue weighted by Crippen LogP contribution is -2.16. The van der Waals surface area contributed by atoms with E-state index in [4.69, 9.17) is 5.73 Å². The third-order valence-electron chi connectivity index (χ3n) is 3.05. The summed E-state index contributed by atoms with van der Waals surface area (Å²) in [4.78, 5) is 4.67. The highest BCUT2D eigenvalue weighted by molar-refractivity contribution is 5.51. The van der Waals surface area contributed by atoms with Crippen molar-refractivity contribution in [2.24, 2.45) is 5.73 Å². The summed E-state index contributed by atoms with van der Waals surface area (Å²) in [5.41, 5.74) is 8.64. The minimum atomic E-state index is 0.402. The van der Waals surface area contributed by atoms with Crippen LogP contribution in [0.25, 0.3) is 5.65 Å². The van der Waals surface area contributed by atoms with Crippen LogP contribution in [0.1, 0.15) is 44.5 Å². The van der Waals surface area contributed by atoms with Crippen LogP contribution in [0, 0.1) is 0 Å². The normalized spacial score (nSPS) is 11.4. The van der Waals surface area contributed by atoms with Crippen LogP contribution in [0.3, 0.4) is 0 Å². The molecular formula is C14H23N5. The van der Waals surface area contributed by atoms with Gasteiger partial charge in [-0.05, 0) is 12.3 Å². The Balaban J connectivity index is 2.47. The molecule has 0 aliphatic heterocycles. The van der Waals surface area contributed by atoms with E-state index in [1.807, 2.05) is 4.52 Å². The Morgan fingerprint density at radius 3 is 2.79 bits per heavy atom. The number of fused-ring (bicyclic) bond motifs is 1. The van der Waals surface area contributed by atoms with Crippen molar-refractivity contribution in [2.45, 2.75) is 39.5 Å². The fourth-order valence-corrected chi connectivity index (χ4v) is 2.04. The first-order valence-electron chi connectivity index (χ1n) is 6.99. The van der Waals surface area contributed by atoms with E-state index in [1.165, 1.54) is 0 Å². The van der Waals surface area contributed by atoms with Crippen LogP contribution in [-0.4, -0.2) is 27.7 Å². The van der Waals surface area contributed by atoms with Crippen molar-refractivity contribution >= 4 is 11.5 Å². The number of aromatic nitrogens is 3. The Labute approximate surface area is 114 Å². The lowest BCUT2D eigenvalue weighted by atomic mass is 10.1. The number of aryl methyl sites for hydroxylation is 1. The van der Waals surface area contributed by atoms with Gasteiger partial charge in [-0.25, -0.2) is 4.98 Å². The third kappa shape index (κ3) is 3.04. The van der Waals surface area contributed by atoms with Crippen LogP contribution in [0.5, 0.6) is 0 Å². The van der Waals surface area contributed by atoms with Crippen LogP contribution >= 0.6 is 0 Å². The van der Waals surface area contributed by atoms with E-state index in [2.05, 4.69) is 48.3 Å². The molecule has 0 saturated heterocycles. The van der Waals surface area contributed by atoms with Gasteiger partial charge in [-0.1, -0.05) is 27.2 Å². The molecule has 0 unspecified atom stereocenters. The van der Waals surface area contributed by atoms with Crippen molar-refractivity contribution in [2.75, 3.05) is 18.4 Å². The topological polar surface area (TPSA) is 68.2 Å². The molecule has 0 radical (unpaired) electrons. The summed E-state index contributed by atoms with van der Waals surface area (Å²) < 4.78 is 1.88. The molecule has 5 heteroatoms. The first kappa shape index (κ1) is 13.8. The molecule has 0 fully saturated rings. The number of rotatable bonds is 6. The fourth-order valence-electron chi connectivity index (χ4n) is 2.04. The molecule has 3 N–H and O–H groups in total. The molecule has 0 saturated carbocycles. The quantitative estimate of drug-likeness (QED) is 0.836. The Morgan fingerprint density at radius 2 is 2.16 bits per heavy atom. The highest BCUT2D eigenvalue weighted by Gasteiger charge is 2.11. The number of nitrogens with two attached hydrogens (primary N) is 1. The number of nitrogens with one attached hydrogen (secondary N) is 1. The van der Waals surface area contributed by atoms with Gasteiger partial charge >= 0.3 is 0 Å². The Bertz CT molecular complexity index is 544. The predicted octanol–water partition coefficient (Wildman–Crippen LogP) is 2.18.